The Bertz CT molecular complexity index is 449. The van der Waals surface area contributed by atoms with Crippen molar-refractivity contribution in [3.05, 3.63) is 42.0 Å². The van der Waals surface area contributed by atoms with E-state index in [1.807, 2.05) is 30.3 Å². The molecule has 1 amide bonds. The number of carbonyl (C=O) groups is 2. The maximum absolute atomic E-state index is 11.3. The first-order valence-corrected chi connectivity index (χ1v) is 5.93. The molecule has 0 spiro atoms. The molecule has 2 rings (SSSR count). The number of benzene rings is 1. The molecule has 1 fully saturated rings. The molecule has 4 heteroatoms. The monoisotopic (exact) mass is 245 g/mol. The second-order valence-corrected chi connectivity index (χ2v) is 4.19. The van der Waals surface area contributed by atoms with Crippen molar-refractivity contribution >= 4 is 18.0 Å². The van der Waals surface area contributed by atoms with E-state index < -0.39 is 5.97 Å². The topological polar surface area (TPSA) is 55.4 Å². The third-order valence-electron chi connectivity index (χ3n) is 2.50. The van der Waals surface area contributed by atoms with Crippen LogP contribution in [0.2, 0.25) is 0 Å². The van der Waals surface area contributed by atoms with Crippen molar-refractivity contribution in [2.75, 3.05) is 6.61 Å². The van der Waals surface area contributed by atoms with Gasteiger partial charge in [0.05, 0.1) is 0 Å². The van der Waals surface area contributed by atoms with E-state index in [2.05, 4.69) is 5.32 Å². The Balaban J connectivity index is 1.71. The fraction of sp³-hybridized carbons (Fsp3) is 0.286. The molecule has 0 radical (unpaired) electrons. The van der Waals surface area contributed by atoms with Crippen molar-refractivity contribution in [1.82, 2.24) is 5.32 Å². The highest BCUT2D eigenvalue weighted by Gasteiger charge is 2.23. The molecule has 0 heterocycles. The Labute approximate surface area is 106 Å². The van der Waals surface area contributed by atoms with Crippen LogP contribution >= 0.6 is 0 Å². The molecule has 18 heavy (non-hydrogen) atoms. The van der Waals surface area contributed by atoms with Gasteiger partial charge in [-0.1, -0.05) is 30.3 Å². The number of amides is 1. The minimum atomic E-state index is -0.509. The Kier molecular flexibility index (Phi) is 4.12. The summed E-state index contributed by atoms with van der Waals surface area (Å²) in [5.41, 5.74) is 0.914. The normalized spacial score (nSPS) is 14.4. The van der Waals surface area contributed by atoms with E-state index in [9.17, 15) is 9.59 Å². The summed E-state index contributed by atoms with van der Waals surface area (Å²) in [5, 5.41) is 2.74. The quantitative estimate of drug-likeness (QED) is 0.632. The molecule has 0 unspecified atom stereocenters. The summed E-state index contributed by atoms with van der Waals surface area (Å²) in [6.07, 6.45) is 5.02. The lowest BCUT2D eigenvalue weighted by molar-refractivity contribution is -0.143. The van der Waals surface area contributed by atoms with E-state index in [1.54, 1.807) is 6.08 Å². The largest absolute Gasteiger partial charge is 0.452 e. The van der Waals surface area contributed by atoms with Gasteiger partial charge < -0.3 is 10.1 Å². The van der Waals surface area contributed by atoms with Crippen LogP contribution in [0.1, 0.15) is 18.4 Å². The van der Waals surface area contributed by atoms with Crippen molar-refractivity contribution in [1.29, 1.82) is 0 Å². The van der Waals surface area contributed by atoms with Crippen LogP contribution < -0.4 is 5.32 Å². The molecule has 0 aromatic heterocycles. The van der Waals surface area contributed by atoms with E-state index in [0.717, 1.165) is 18.4 Å². The fourth-order valence-corrected chi connectivity index (χ4v) is 1.41. The molecular formula is C14H15NO3. The first-order chi connectivity index (χ1) is 8.74. The maximum atomic E-state index is 11.3. The van der Waals surface area contributed by atoms with Crippen molar-refractivity contribution in [3.8, 4) is 0 Å². The average molecular weight is 245 g/mol. The summed E-state index contributed by atoms with van der Waals surface area (Å²) in [6, 6.07) is 9.71. The van der Waals surface area contributed by atoms with Gasteiger partial charge in [0, 0.05) is 12.1 Å². The van der Waals surface area contributed by atoms with Crippen LogP contribution in [0.25, 0.3) is 6.08 Å². The zero-order valence-electron chi connectivity index (χ0n) is 9.96. The van der Waals surface area contributed by atoms with Gasteiger partial charge >= 0.3 is 5.97 Å². The molecule has 0 atom stereocenters. The van der Waals surface area contributed by atoms with E-state index in [1.165, 1.54) is 6.08 Å². The molecule has 1 aromatic rings. The average Bonchev–Trinajstić information content (AvgIpc) is 3.19. The van der Waals surface area contributed by atoms with Crippen LogP contribution in [0.5, 0.6) is 0 Å². The zero-order valence-corrected chi connectivity index (χ0v) is 9.96. The zero-order chi connectivity index (χ0) is 12.8. The Hall–Kier alpha value is -2.10. The summed E-state index contributed by atoms with van der Waals surface area (Å²) in [6.45, 7) is -0.214. The standard InChI is InChI=1S/C14H15NO3/c16-13(15-12-7-8-12)10-18-14(17)9-6-11-4-2-1-3-5-11/h1-6,9,12H,7-8,10H2,(H,15,16)/b9-6+. The third-order valence-corrected chi connectivity index (χ3v) is 2.50. The number of nitrogens with one attached hydrogen (secondary N) is 1. The van der Waals surface area contributed by atoms with Crippen molar-refractivity contribution < 1.29 is 14.3 Å². The number of esters is 1. The van der Waals surface area contributed by atoms with Crippen LogP contribution in [0.15, 0.2) is 36.4 Å². The fourth-order valence-electron chi connectivity index (χ4n) is 1.41. The minimum absolute atomic E-state index is 0.214. The summed E-state index contributed by atoms with van der Waals surface area (Å²) in [7, 11) is 0. The van der Waals surface area contributed by atoms with E-state index in [0.29, 0.717) is 0 Å². The van der Waals surface area contributed by atoms with Crippen molar-refractivity contribution in [2.24, 2.45) is 0 Å². The van der Waals surface area contributed by atoms with Gasteiger partial charge in [-0.2, -0.15) is 0 Å². The highest BCUT2D eigenvalue weighted by Crippen LogP contribution is 2.18. The predicted molar refractivity (Wildman–Crippen MR) is 67.6 cm³/mol. The Morgan fingerprint density at radius 1 is 1.28 bits per heavy atom. The lowest BCUT2D eigenvalue weighted by Gasteiger charge is -2.02. The van der Waals surface area contributed by atoms with Crippen molar-refractivity contribution in [3.63, 3.8) is 0 Å². The molecule has 1 saturated carbocycles. The second-order valence-electron chi connectivity index (χ2n) is 4.19. The molecule has 0 aliphatic heterocycles. The number of ether oxygens (including phenoxy) is 1. The summed E-state index contributed by atoms with van der Waals surface area (Å²) >= 11 is 0. The molecule has 94 valence electrons. The van der Waals surface area contributed by atoms with Gasteiger partial charge in [-0.05, 0) is 24.5 Å². The highest BCUT2D eigenvalue weighted by atomic mass is 16.5. The molecule has 1 aromatic carbocycles. The Morgan fingerprint density at radius 3 is 2.67 bits per heavy atom. The minimum Gasteiger partial charge on any atom is -0.452 e. The molecule has 0 bridgehead atoms. The van der Waals surface area contributed by atoms with Crippen LogP contribution in [0.4, 0.5) is 0 Å². The van der Waals surface area contributed by atoms with Gasteiger partial charge in [-0.15, -0.1) is 0 Å². The van der Waals surface area contributed by atoms with Gasteiger partial charge in [-0.3, -0.25) is 4.79 Å². The van der Waals surface area contributed by atoms with Crippen LogP contribution in [0.3, 0.4) is 0 Å². The van der Waals surface area contributed by atoms with Gasteiger partial charge in [0.2, 0.25) is 0 Å². The van der Waals surface area contributed by atoms with Gasteiger partial charge in [0.15, 0.2) is 6.61 Å². The van der Waals surface area contributed by atoms with Crippen LogP contribution in [-0.2, 0) is 14.3 Å². The van der Waals surface area contributed by atoms with E-state index >= 15 is 0 Å². The van der Waals surface area contributed by atoms with Gasteiger partial charge in [0.25, 0.3) is 5.91 Å². The number of rotatable bonds is 5. The first kappa shape index (κ1) is 12.4. The van der Waals surface area contributed by atoms with Crippen LogP contribution in [-0.4, -0.2) is 24.5 Å². The number of carbonyl (C=O) groups excluding carboxylic acids is 2. The maximum Gasteiger partial charge on any atom is 0.331 e. The van der Waals surface area contributed by atoms with E-state index in [-0.39, 0.29) is 18.6 Å². The molecule has 1 N–H and O–H groups in total. The van der Waals surface area contributed by atoms with Gasteiger partial charge in [-0.25, -0.2) is 4.79 Å². The molecule has 0 saturated heterocycles. The summed E-state index contributed by atoms with van der Waals surface area (Å²) in [4.78, 5) is 22.6. The lowest BCUT2D eigenvalue weighted by Crippen LogP contribution is -2.30. The number of hydrogen-bond acceptors (Lipinski definition) is 3. The van der Waals surface area contributed by atoms with Crippen LogP contribution in [0, 0.1) is 0 Å². The smallest absolute Gasteiger partial charge is 0.331 e. The first-order valence-electron chi connectivity index (χ1n) is 5.93. The molecule has 1 aliphatic rings. The number of hydrogen-bond donors (Lipinski definition) is 1. The summed E-state index contributed by atoms with van der Waals surface area (Å²) in [5.74, 6) is -0.747. The van der Waals surface area contributed by atoms with E-state index in [4.69, 9.17) is 4.74 Å². The SMILES string of the molecule is O=C(COC(=O)/C=C/c1ccccc1)NC1CC1. The summed E-state index contributed by atoms with van der Waals surface area (Å²) < 4.78 is 4.82. The Morgan fingerprint density at radius 2 is 2.00 bits per heavy atom. The molecule has 1 aliphatic carbocycles. The highest BCUT2D eigenvalue weighted by molar-refractivity contribution is 5.89. The molecule has 4 nitrogen and oxygen atoms in total. The third kappa shape index (κ3) is 4.41. The lowest BCUT2D eigenvalue weighted by atomic mass is 10.2. The molecular weight excluding hydrogens is 230 g/mol. The van der Waals surface area contributed by atoms with Gasteiger partial charge in [0.1, 0.15) is 0 Å². The van der Waals surface area contributed by atoms with Crippen molar-refractivity contribution in [2.45, 2.75) is 18.9 Å². The second kappa shape index (κ2) is 6.00. The predicted octanol–water partition coefficient (Wildman–Crippen LogP) is 1.52.